The molecule has 0 radical (unpaired) electrons. The van der Waals surface area contributed by atoms with Gasteiger partial charge in [-0.05, 0) is 68.3 Å². The van der Waals surface area contributed by atoms with Crippen LogP contribution >= 0.6 is 11.3 Å². The first-order valence-corrected chi connectivity index (χ1v) is 12.1. The van der Waals surface area contributed by atoms with E-state index in [0.29, 0.717) is 22.0 Å². The van der Waals surface area contributed by atoms with Crippen LogP contribution in [0.15, 0.2) is 45.1 Å². The third-order valence-electron chi connectivity index (χ3n) is 4.82. The fourth-order valence-corrected chi connectivity index (χ4v) is 5.17. The van der Waals surface area contributed by atoms with Crippen LogP contribution in [0.2, 0.25) is 0 Å². The van der Waals surface area contributed by atoms with Crippen molar-refractivity contribution >= 4 is 50.8 Å². The molecule has 0 aliphatic heterocycles. The van der Waals surface area contributed by atoms with E-state index in [1.165, 1.54) is 6.07 Å². The second-order valence-corrected chi connectivity index (χ2v) is 10.5. The van der Waals surface area contributed by atoms with E-state index in [2.05, 4.69) is 15.2 Å². The average Bonchev–Trinajstić information content (AvgIpc) is 3.39. The second kappa shape index (κ2) is 8.67. The Morgan fingerprint density at radius 2 is 1.85 bits per heavy atom. The quantitative estimate of drug-likeness (QED) is 0.456. The van der Waals surface area contributed by atoms with Crippen molar-refractivity contribution in [2.75, 3.05) is 10.0 Å². The van der Waals surface area contributed by atoms with Crippen LogP contribution in [0.1, 0.15) is 34.7 Å². The molecule has 3 aromatic rings. The fourth-order valence-electron chi connectivity index (χ4n) is 2.88. The Morgan fingerprint density at radius 3 is 2.48 bits per heavy atom. The summed E-state index contributed by atoms with van der Waals surface area (Å²) >= 11 is 0.960. The monoisotopic (exact) mass is 497 g/mol. The molecule has 2 heterocycles. The zero-order chi connectivity index (χ0) is 23.8. The van der Waals surface area contributed by atoms with E-state index in [4.69, 9.17) is 4.52 Å². The first-order valence-electron chi connectivity index (χ1n) is 9.78. The van der Waals surface area contributed by atoms with Gasteiger partial charge in [0, 0.05) is 16.5 Å². The minimum absolute atomic E-state index is 0.0124. The van der Waals surface area contributed by atoms with Crippen molar-refractivity contribution in [3.63, 3.8) is 0 Å². The molecule has 0 spiro atoms. The lowest BCUT2D eigenvalue weighted by Crippen LogP contribution is -2.14. The number of hydrogen-bond acceptors (Lipinski definition) is 6. The highest BCUT2D eigenvalue weighted by molar-refractivity contribution is 7.94. The molecule has 0 atom stereocenters. The lowest BCUT2D eigenvalue weighted by molar-refractivity contribution is -0.137. The smallest absolute Gasteiger partial charge is 0.354 e. The molecule has 0 unspecified atom stereocenters. The minimum Gasteiger partial charge on any atom is -0.354 e. The number of benzene rings is 1. The number of hydrogen-bond donors (Lipinski definition) is 2. The molecule has 12 heteroatoms. The molecule has 33 heavy (non-hydrogen) atoms. The van der Waals surface area contributed by atoms with Crippen molar-refractivity contribution in [2.45, 2.75) is 30.2 Å². The van der Waals surface area contributed by atoms with Crippen molar-refractivity contribution in [1.82, 2.24) is 5.16 Å². The Balaban J connectivity index is 1.46. The van der Waals surface area contributed by atoms with Crippen molar-refractivity contribution in [2.24, 2.45) is 5.92 Å². The van der Waals surface area contributed by atoms with E-state index < -0.39 is 21.8 Å². The Hall–Kier alpha value is -3.12. The molecule has 7 nitrogen and oxygen atoms in total. The number of nitrogens with one attached hydrogen (secondary N) is 2. The summed E-state index contributed by atoms with van der Waals surface area (Å²) in [6, 6.07) is 6.68. The number of rotatable bonds is 7. The number of carbonyl (C=O) groups is 1. The number of anilines is 2. The highest BCUT2D eigenvalue weighted by Crippen LogP contribution is 2.33. The maximum atomic E-state index is 12.7. The first-order chi connectivity index (χ1) is 15.5. The van der Waals surface area contributed by atoms with Gasteiger partial charge in [-0.25, -0.2) is 8.42 Å². The van der Waals surface area contributed by atoms with Crippen LogP contribution in [0.25, 0.3) is 12.2 Å². The maximum absolute atomic E-state index is 12.7. The highest BCUT2D eigenvalue weighted by Gasteiger charge is 2.31. The summed E-state index contributed by atoms with van der Waals surface area (Å²) in [5.74, 6) is 0.260. The van der Waals surface area contributed by atoms with Crippen LogP contribution in [0.4, 0.5) is 24.5 Å². The molecular formula is C21H18F3N3O4S2. The summed E-state index contributed by atoms with van der Waals surface area (Å²) in [7, 11) is -3.99. The largest absolute Gasteiger partial charge is 0.416 e. The normalized spacial score (nSPS) is 14.5. The minimum atomic E-state index is -4.50. The van der Waals surface area contributed by atoms with Crippen LogP contribution in [0.3, 0.4) is 0 Å². The number of thiophene rings is 1. The standard InChI is InChI=1S/C21H18F3N3O4S2/c1-12-19(25-20(28)13-2-3-13)17(31-26-12)10-8-16-9-11-18(32-16)33(29,30)27-15-6-4-14(5-7-15)21(22,23)24/h4-11,13,27H,2-3H2,1H3,(H,25,28). The van der Waals surface area contributed by atoms with Gasteiger partial charge in [-0.2, -0.15) is 13.2 Å². The molecule has 1 amide bonds. The van der Waals surface area contributed by atoms with Gasteiger partial charge < -0.3 is 9.84 Å². The summed E-state index contributed by atoms with van der Waals surface area (Å²) in [5, 5.41) is 6.67. The van der Waals surface area contributed by atoms with E-state index in [9.17, 15) is 26.4 Å². The van der Waals surface area contributed by atoms with Gasteiger partial charge in [-0.1, -0.05) is 5.16 Å². The molecule has 1 aliphatic carbocycles. The Bertz CT molecular complexity index is 1310. The molecule has 1 saturated carbocycles. The van der Waals surface area contributed by atoms with Crippen molar-refractivity contribution < 1.29 is 30.9 Å². The number of sulfonamides is 1. The van der Waals surface area contributed by atoms with Gasteiger partial charge in [0.05, 0.1) is 5.56 Å². The maximum Gasteiger partial charge on any atom is 0.416 e. The first kappa shape index (κ1) is 23.1. The van der Waals surface area contributed by atoms with Gasteiger partial charge in [0.2, 0.25) is 5.91 Å². The molecule has 174 valence electrons. The van der Waals surface area contributed by atoms with Crippen molar-refractivity contribution in [3.05, 3.63) is 58.3 Å². The van der Waals surface area contributed by atoms with Gasteiger partial charge in [0.1, 0.15) is 15.6 Å². The Kier molecular flexibility index (Phi) is 6.06. The number of carbonyl (C=O) groups excluding carboxylic acids is 1. The zero-order valence-corrected chi connectivity index (χ0v) is 18.8. The molecule has 4 rings (SSSR count). The average molecular weight is 498 g/mol. The number of amides is 1. The SMILES string of the molecule is Cc1noc(C=Cc2ccc(S(=O)(=O)Nc3ccc(C(F)(F)F)cc3)s2)c1NC(=O)C1CC1. The number of alkyl halides is 3. The summed E-state index contributed by atoms with van der Waals surface area (Å²) in [5.41, 5.74) is 0.140. The van der Waals surface area contributed by atoms with E-state index in [-0.39, 0.29) is 21.7 Å². The summed E-state index contributed by atoms with van der Waals surface area (Å²) in [4.78, 5) is 12.6. The van der Waals surface area contributed by atoms with Crippen LogP contribution in [-0.4, -0.2) is 19.5 Å². The molecule has 1 fully saturated rings. The van der Waals surface area contributed by atoms with E-state index in [0.717, 1.165) is 48.4 Å². The summed E-state index contributed by atoms with van der Waals surface area (Å²) in [6.45, 7) is 1.70. The number of aryl methyl sites for hydroxylation is 1. The van der Waals surface area contributed by atoms with Gasteiger partial charge >= 0.3 is 6.18 Å². The highest BCUT2D eigenvalue weighted by atomic mass is 32.2. The lowest BCUT2D eigenvalue weighted by Gasteiger charge is -2.09. The van der Waals surface area contributed by atoms with E-state index >= 15 is 0 Å². The fraction of sp³-hybridized carbons (Fsp3) is 0.238. The van der Waals surface area contributed by atoms with Crippen LogP contribution in [0.5, 0.6) is 0 Å². The van der Waals surface area contributed by atoms with E-state index in [1.54, 1.807) is 25.1 Å². The lowest BCUT2D eigenvalue weighted by atomic mass is 10.2. The molecule has 1 aromatic carbocycles. The van der Waals surface area contributed by atoms with Gasteiger partial charge in [0.25, 0.3) is 10.0 Å². The topological polar surface area (TPSA) is 101 Å². The summed E-state index contributed by atoms with van der Waals surface area (Å²) < 4.78 is 70.7. The van der Waals surface area contributed by atoms with Crippen LogP contribution in [0, 0.1) is 12.8 Å². The molecular weight excluding hydrogens is 479 g/mol. The van der Waals surface area contributed by atoms with Crippen LogP contribution < -0.4 is 10.0 Å². The number of halogens is 3. The van der Waals surface area contributed by atoms with Crippen molar-refractivity contribution in [3.8, 4) is 0 Å². The number of nitrogens with zero attached hydrogens (tertiary/aromatic N) is 1. The van der Waals surface area contributed by atoms with Gasteiger partial charge in [0.15, 0.2) is 5.76 Å². The molecule has 0 saturated heterocycles. The second-order valence-electron chi connectivity index (χ2n) is 7.44. The third-order valence-corrected chi connectivity index (χ3v) is 7.74. The Morgan fingerprint density at radius 1 is 1.15 bits per heavy atom. The number of aromatic nitrogens is 1. The molecule has 0 bridgehead atoms. The van der Waals surface area contributed by atoms with Crippen LogP contribution in [-0.2, 0) is 21.0 Å². The van der Waals surface area contributed by atoms with E-state index in [1.807, 2.05) is 0 Å². The van der Waals surface area contributed by atoms with Gasteiger partial charge in [-0.15, -0.1) is 11.3 Å². The molecule has 2 N–H and O–H groups in total. The van der Waals surface area contributed by atoms with Gasteiger partial charge in [-0.3, -0.25) is 9.52 Å². The zero-order valence-electron chi connectivity index (χ0n) is 17.1. The van der Waals surface area contributed by atoms with Crippen molar-refractivity contribution in [1.29, 1.82) is 0 Å². The molecule has 1 aliphatic rings. The predicted molar refractivity (Wildman–Crippen MR) is 118 cm³/mol. The molecule has 2 aromatic heterocycles. The third kappa shape index (κ3) is 5.45. The Labute approximate surface area is 191 Å². The summed E-state index contributed by atoms with van der Waals surface area (Å²) in [6.07, 6.45) is 0.403. The predicted octanol–water partition coefficient (Wildman–Crippen LogP) is 5.38.